The minimum absolute atomic E-state index is 0.306. The average Bonchev–Trinajstić information content (AvgIpc) is 2.78. The van der Waals surface area contributed by atoms with Crippen molar-refractivity contribution in [2.45, 2.75) is 50.6 Å². The third kappa shape index (κ3) is 8.12. The number of nitrogens with two attached hydrogens (primary N) is 1. The van der Waals surface area contributed by atoms with Gasteiger partial charge in [0.2, 0.25) is 5.82 Å². The fourth-order valence-electron chi connectivity index (χ4n) is 3.66. The summed E-state index contributed by atoms with van der Waals surface area (Å²) in [5.41, 5.74) is 9.88. The Kier molecular flexibility index (Phi) is 8.85. The summed E-state index contributed by atoms with van der Waals surface area (Å²) in [5.74, 6) is -0.600. The first kappa shape index (κ1) is 25.2. The summed E-state index contributed by atoms with van der Waals surface area (Å²) in [6.07, 6.45) is 1.66. The van der Waals surface area contributed by atoms with Gasteiger partial charge in [0, 0.05) is 53.9 Å². The molecule has 0 aliphatic carbocycles. The summed E-state index contributed by atoms with van der Waals surface area (Å²) in [6, 6.07) is 8.66. The van der Waals surface area contributed by atoms with Gasteiger partial charge in [0.15, 0.2) is 0 Å². The number of benzene rings is 1. The molecule has 6 nitrogen and oxygen atoms in total. The predicted octanol–water partition coefficient (Wildman–Crippen LogP) is 4.73. The van der Waals surface area contributed by atoms with Gasteiger partial charge in [-0.15, -0.1) is 0 Å². The number of likely N-dealkylation sites (tertiary alicyclic amines) is 1. The lowest BCUT2D eigenvalue weighted by atomic mass is 9.89. The van der Waals surface area contributed by atoms with Crippen molar-refractivity contribution in [1.29, 1.82) is 0 Å². The van der Waals surface area contributed by atoms with E-state index in [0.717, 1.165) is 31.6 Å². The fraction of sp³-hybridized carbons (Fsp3) is 0.478. The number of piperidine rings is 1. The standard InChI is InChI=1S/C23H31F3N6S/c1-16(2)33-31-21-5-3-4-19(10-21)18-6-8-32(9-7-18)15-20(27)14-28-11-17-12-29-22(30-13-17)23(24,25)26/h3-5,10,12-14,16,18,28,31H,6-9,11,15,27H2,1-2H3/b20-14-. The maximum atomic E-state index is 12.5. The lowest BCUT2D eigenvalue weighted by Gasteiger charge is -2.32. The van der Waals surface area contributed by atoms with Crippen LogP contribution >= 0.6 is 11.9 Å². The lowest BCUT2D eigenvalue weighted by Crippen LogP contribution is -2.36. The third-order valence-electron chi connectivity index (χ3n) is 5.32. The topological polar surface area (TPSA) is 79.1 Å². The number of nitrogens with one attached hydrogen (secondary N) is 2. The molecule has 1 aromatic carbocycles. The second-order valence-corrected chi connectivity index (χ2v) is 9.84. The molecule has 3 rings (SSSR count). The molecule has 0 spiro atoms. The van der Waals surface area contributed by atoms with Crippen LogP contribution in [0, 0.1) is 0 Å². The van der Waals surface area contributed by atoms with Crippen LogP contribution in [-0.2, 0) is 12.7 Å². The summed E-state index contributed by atoms with van der Waals surface area (Å²) in [5, 5.41) is 3.55. The van der Waals surface area contributed by atoms with Crippen LogP contribution in [0.1, 0.15) is 49.6 Å². The molecule has 10 heteroatoms. The van der Waals surface area contributed by atoms with E-state index in [-0.39, 0.29) is 0 Å². The maximum Gasteiger partial charge on any atom is 0.451 e. The molecule has 0 atom stereocenters. The highest BCUT2D eigenvalue weighted by Gasteiger charge is 2.34. The molecule has 1 aliphatic rings. The molecule has 180 valence electrons. The Bertz CT molecular complexity index is 909. The number of hydrogen-bond donors (Lipinski definition) is 3. The van der Waals surface area contributed by atoms with Crippen LogP contribution in [0.3, 0.4) is 0 Å². The summed E-state index contributed by atoms with van der Waals surface area (Å²) in [4.78, 5) is 9.03. The smallest absolute Gasteiger partial charge is 0.400 e. The van der Waals surface area contributed by atoms with Crippen LogP contribution in [0.2, 0.25) is 0 Å². The lowest BCUT2D eigenvalue weighted by molar-refractivity contribution is -0.145. The minimum Gasteiger partial charge on any atom is -0.400 e. The molecule has 2 aromatic rings. The number of rotatable bonds is 9. The second kappa shape index (κ2) is 11.6. The van der Waals surface area contributed by atoms with Crippen molar-refractivity contribution >= 4 is 17.6 Å². The maximum absolute atomic E-state index is 12.5. The predicted molar refractivity (Wildman–Crippen MR) is 127 cm³/mol. The molecule has 0 unspecified atom stereocenters. The van der Waals surface area contributed by atoms with E-state index in [1.165, 1.54) is 18.0 Å². The van der Waals surface area contributed by atoms with Gasteiger partial charge in [-0.05, 0) is 61.5 Å². The van der Waals surface area contributed by atoms with Crippen molar-refractivity contribution < 1.29 is 13.2 Å². The SMILES string of the molecule is CC(C)SNc1cccc(C2CCN(C/C(N)=C/NCc3cnc(C(F)(F)F)nc3)CC2)c1. The van der Waals surface area contributed by atoms with Gasteiger partial charge in [-0.25, -0.2) is 9.97 Å². The quantitative estimate of drug-likeness (QED) is 0.448. The van der Waals surface area contributed by atoms with Crippen molar-refractivity contribution in [3.8, 4) is 0 Å². The number of aromatic nitrogens is 2. The summed E-state index contributed by atoms with van der Waals surface area (Å²) in [7, 11) is 0. The van der Waals surface area contributed by atoms with E-state index < -0.39 is 12.0 Å². The molecule has 1 aliphatic heterocycles. The van der Waals surface area contributed by atoms with Crippen molar-refractivity contribution in [2.24, 2.45) is 5.73 Å². The molecule has 1 fully saturated rings. The third-order valence-corrected chi connectivity index (χ3v) is 6.14. The van der Waals surface area contributed by atoms with Gasteiger partial charge in [0.1, 0.15) is 0 Å². The van der Waals surface area contributed by atoms with Crippen molar-refractivity contribution in [3.63, 3.8) is 0 Å². The largest absolute Gasteiger partial charge is 0.451 e. The van der Waals surface area contributed by atoms with Crippen LogP contribution in [0.4, 0.5) is 18.9 Å². The van der Waals surface area contributed by atoms with Crippen LogP contribution in [0.5, 0.6) is 0 Å². The summed E-state index contributed by atoms with van der Waals surface area (Å²) >= 11 is 1.72. The average molecular weight is 481 g/mol. The highest BCUT2D eigenvalue weighted by atomic mass is 32.2. The Morgan fingerprint density at radius 1 is 1.24 bits per heavy atom. The highest BCUT2D eigenvalue weighted by Crippen LogP contribution is 2.30. The molecule has 4 N–H and O–H groups in total. The van der Waals surface area contributed by atoms with Gasteiger partial charge in [0.05, 0.1) is 0 Å². The van der Waals surface area contributed by atoms with Gasteiger partial charge < -0.3 is 15.8 Å². The zero-order valence-electron chi connectivity index (χ0n) is 18.9. The number of hydrogen-bond acceptors (Lipinski definition) is 7. The van der Waals surface area contributed by atoms with Crippen molar-refractivity contribution in [3.05, 3.63) is 65.5 Å². The van der Waals surface area contributed by atoms with Gasteiger partial charge in [0.25, 0.3) is 0 Å². The van der Waals surface area contributed by atoms with Crippen LogP contribution in [0.15, 0.2) is 48.6 Å². The number of halogens is 3. The highest BCUT2D eigenvalue weighted by molar-refractivity contribution is 8.01. The first-order chi connectivity index (χ1) is 15.7. The van der Waals surface area contributed by atoms with Gasteiger partial charge >= 0.3 is 6.18 Å². The molecule has 0 radical (unpaired) electrons. The first-order valence-electron chi connectivity index (χ1n) is 11.0. The molecular weight excluding hydrogens is 449 g/mol. The number of anilines is 1. The first-order valence-corrected chi connectivity index (χ1v) is 11.9. The van der Waals surface area contributed by atoms with Crippen LogP contribution in [0.25, 0.3) is 0 Å². The Labute approximate surface area is 197 Å². The van der Waals surface area contributed by atoms with Gasteiger partial charge in [-0.3, -0.25) is 4.90 Å². The molecule has 0 saturated carbocycles. The van der Waals surface area contributed by atoms with E-state index >= 15 is 0 Å². The minimum atomic E-state index is -4.53. The van der Waals surface area contributed by atoms with E-state index in [9.17, 15) is 13.2 Å². The van der Waals surface area contributed by atoms with Crippen LogP contribution in [-0.4, -0.2) is 39.8 Å². The van der Waals surface area contributed by atoms with E-state index in [0.29, 0.717) is 35.5 Å². The fourth-order valence-corrected chi connectivity index (χ4v) is 4.16. The normalized spacial score (nSPS) is 16.2. The van der Waals surface area contributed by atoms with Gasteiger partial charge in [-0.2, -0.15) is 13.2 Å². The Morgan fingerprint density at radius 2 is 1.94 bits per heavy atom. The van der Waals surface area contributed by atoms with E-state index in [2.05, 4.69) is 63.0 Å². The number of alkyl halides is 3. The molecule has 0 bridgehead atoms. The molecule has 0 amide bonds. The van der Waals surface area contributed by atoms with E-state index in [1.807, 2.05) is 0 Å². The zero-order chi connectivity index (χ0) is 23.8. The Morgan fingerprint density at radius 3 is 2.58 bits per heavy atom. The summed E-state index contributed by atoms with van der Waals surface area (Å²) in [6.45, 7) is 7.21. The molecule has 1 saturated heterocycles. The Balaban J connectivity index is 1.42. The summed E-state index contributed by atoms with van der Waals surface area (Å²) < 4.78 is 41.0. The van der Waals surface area contributed by atoms with Crippen LogP contribution < -0.4 is 15.8 Å². The number of nitrogens with zero attached hydrogens (tertiary/aromatic N) is 3. The Hall–Kier alpha value is -2.46. The zero-order valence-corrected chi connectivity index (χ0v) is 19.7. The van der Waals surface area contributed by atoms with Crippen molar-refractivity contribution in [1.82, 2.24) is 20.2 Å². The molecular formula is C23H31F3N6S. The molecule has 1 aromatic heterocycles. The van der Waals surface area contributed by atoms with Crippen molar-refractivity contribution in [2.75, 3.05) is 24.4 Å². The molecule has 33 heavy (non-hydrogen) atoms. The monoisotopic (exact) mass is 480 g/mol. The van der Waals surface area contributed by atoms with E-state index in [1.54, 1.807) is 18.1 Å². The van der Waals surface area contributed by atoms with Gasteiger partial charge in [-0.1, -0.05) is 26.0 Å². The van der Waals surface area contributed by atoms with E-state index in [4.69, 9.17) is 5.73 Å². The second-order valence-electron chi connectivity index (χ2n) is 8.46. The molecule has 2 heterocycles.